The van der Waals surface area contributed by atoms with E-state index in [1.165, 1.54) is 6.07 Å². The van der Waals surface area contributed by atoms with Gasteiger partial charge in [0.05, 0.1) is 18.8 Å². The van der Waals surface area contributed by atoms with Gasteiger partial charge in [-0.05, 0) is 51.1 Å². The lowest BCUT2D eigenvalue weighted by atomic mass is 10.0. The summed E-state index contributed by atoms with van der Waals surface area (Å²) in [5.41, 5.74) is 0.820. The first kappa shape index (κ1) is 20.7. The Bertz CT molecular complexity index is 803. The van der Waals surface area contributed by atoms with Gasteiger partial charge >= 0.3 is 11.9 Å². The highest BCUT2D eigenvalue weighted by Gasteiger charge is 2.31. The van der Waals surface area contributed by atoms with Gasteiger partial charge in [-0.15, -0.1) is 0 Å². The molecular formula is C20H21ClO6. The number of benzene rings is 1. The minimum absolute atomic E-state index is 0.0492. The van der Waals surface area contributed by atoms with Crippen molar-refractivity contribution in [3.8, 4) is 0 Å². The number of furan rings is 1. The molecule has 144 valence electrons. The fourth-order valence-electron chi connectivity index (χ4n) is 2.58. The zero-order valence-electron chi connectivity index (χ0n) is 15.4. The number of ether oxygens (including phenoxy) is 2. The number of rotatable bonds is 8. The van der Waals surface area contributed by atoms with Gasteiger partial charge in [0, 0.05) is 17.0 Å². The van der Waals surface area contributed by atoms with Crippen molar-refractivity contribution in [2.75, 3.05) is 13.2 Å². The van der Waals surface area contributed by atoms with Crippen LogP contribution >= 0.6 is 11.6 Å². The summed E-state index contributed by atoms with van der Waals surface area (Å²) in [6, 6.07) is 8.04. The zero-order chi connectivity index (χ0) is 20.0. The number of carbonyl (C=O) groups excluding carboxylic acids is 3. The van der Waals surface area contributed by atoms with Crippen LogP contribution in [0, 0.1) is 12.8 Å². The third-order valence-electron chi connectivity index (χ3n) is 3.87. The van der Waals surface area contributed by atoms with E-state index in [1.807, 2.05) is 0 Å². The minimum atomic E-state index is -1.14. The lowest BCUT2D eigenvalue weighted by Crippen LogP contribution is -2.29. The molecular weight excluding hydrogens is 372 g/mol. The highest BCUT2D eigenvalue weighted by atomic mass is 35.5. The average molecular weight is 393 g/mol. The molecule has 6 nitrogen and oxygen atoms in total. The van der Waals surface area contributed by atoms with Crippen LogP contribution in [0.15, 0.2) is 34.7 Å². The lowest BCUT2D eigenvalue weighted by Gasteiger charge is -2.12. The summed E-state index contributed by atoms with van der Waals surface area (Å²) in [7, 11) is 0. The van der Waals surface area contributed by atoms with E-state index in [2.05, 4.69) is 0 Å². The summed E-state index contributed by atoms with van der Waals surface area (Å²) >= 11 is 5.85. The van der Waals surface area contributed by atoms with Crippen molar-refractivity contribution in [3.63, 3.8) is 0 Å². The summed E-state index contributed by atoms with van der Waals surface area (Å²) in [4.78, 5) is 36.9. The Morgan fingerprint density at radius 2 is 1.59 bits per heavy atom. The summed E-state index contributed by atoms with van der Waals surface area (Å²) in [6.45, 7) is 5.24. The molecule has 7 heteroatoms. The van der Waals surface area contributed by atoms with Gasteiger partial charge in [0.2, 0.25) is 0 Å². The maximum Gasteiger partial charge on any atom is 0.320 e. The van der Waals surface area contributed by atoms with Crippen LogP contribution in [0.5, 0.6) is 0 Å². The molecule has 0 fully saturated rings. The van der Waals surface area contributed by atoms with E-state index in [-0.39, 0.29) is 25.4 Å². The molecule has 0 unspecified atom stereocenters. The summed E-state index contributed by atoms with van der Waals surface area (Å²) in [6.07, 6.45) is -0.0492. The maximum atomic E-state index is 12.7. The van der Waals surface area contributed by atoms with E-state index in [1.54, 1.807) is 45.0 Å². The Hall–Kier alpha value is -2.60. The number of carbonyl (C=O) groups is 3. The average Bonchev–Trinajstić information content (AvgIpc) is 3.00. The third-order valence-corrected chi connectivity index (χ3v) is 4.12. The molecule has 0 radical (unpaired) electrons. The third kappa shape index (κ3) is 5.20. The second-order valence-electron chi connectivity index (χ2n) is 5.78. The molecule has 27 heavy (non-hydrogen) atoms. The van der Waals surface area contributed by atoms with Crippen LogP contribution in [-0.4, -0.2) is 30.9 Å². The quantitative estimate of drug-likeness (QED) is 0.386. The van der Waals surface area contributed by atoms with E-state index in [0.29, 0.717) is 27.7 Å². The Morgan fingerprint density at radius 3 is 2.11 bits per heavy atom. The molecule has 2 rings (SSSR count). The van der Waals surface area contributed by atoms with E-state index in [9.17, 15) is 14.4 Å². The molecule has 0 atom stereocenters. The molecule has 0 saturated heterocycles. The molecule has 1 aromatic carbocycles. The predicted octanol–water partition coefficient (Wildman–Crippen LogP) is 3.76. The molecule has 0 spiro atoms. The maximum absolute atomic E-state index is 12.7. The first-order chi connectivity index (χ1) is 12.9. The van der Waals surface area contributed by atoms with Crippen LogP contribution in [0.3, 0.4) is 0 Å². The van der Waals surface area contributed by atoms with Gasteiger partial charge in [-0.3, -0.25) is 14.4 Å². The van der Waals surface area contributed by atoms with Crippen molar-refractivity contribution >= 4 is 29.3 Å². The van der Waals surface area contributed by atoms with Crippen LogP contribution in [0.4, 0.5) is 0 Å². The molecule has 0 aliphatic carbocycles. The van der Waals surface area contributed by atoms with Gasteiger partial charge in [-0.25, -0.2) is 0 Å². The topological polar surface area (TPSA) is 82.8 Å². The molecule has 2 aromatic rings. The number of esters is 2. The van der Waals surface area contributed by atoms with Gasteiger partial charge in [0.1, 0.15) is 11.5 Å². The number of halogens is 1. The molecule has 0 amide bonds. The Labute approximate surface area is 162 Å². The molecule has 0 aliphatic heterocycles. The van der Waals surface area contributed by atoms with Crippen LogP contribution < -0.4 is 0 Å². The summed E-state index contributed by atoms with van der Waals surface area (Å²) < 4.78 is 15.5. The number of hydrogen-bond donors (Lipinski definition) is 0. The van der Waals surface area contributed by atoms with Crippen LogP contribution in [0.2, 0.25) is 5.02 Å². The Balaban J connectivity index is 2.24. The number of aryl methyl sites for hydroxylation is 1. The number of ketones is 1. The predicted molar refractivity (Wildman–Crippen MR) is 98.8 cm³/mol. The van der Waals surface area contributed by atoms with Gasteiger partial charge in [-0.2, -0.15) is 0 Å². The SMILES string of the molecule is CCOC(=O)C(Cc1cc(C(=O)c2ccc(Cl)cc2)c(C)o1)C(=O)OCC. The Morgan fingerprint density at radius 1 is 1.04 bits per heavy atom. The number of hydrogen-bond acceptors (Lipinski definition) is 6. The first-order valence-electron chi connectivity index (χ1n) is 8.60. The molecule has 0 bridgehead atoms. The second kappa shape index (κ2) is 9.37. The lowest BCUT2D eigenvalue weighted by molar-refractivity contribution is -0.161. The largest absolute Gasteiger partial charge is 0.466 e. The van der Waals surface area contributed by atoms with Crippen LogP contribution in [0.25, 0.3) is 0 Å². The highest BCUT2D eigenvalue weighted by Crippen LogP contribution is 2.23. The van der Waals surface area contributed by atoms with Crippen molar-refractivity contribution in [2.45, 2.75) is 27.2 Å². The van der Waals surface area contributed by atoms with E-state index in [4.69, 9.17) is 25.5 Å². The van der Waals surface area contributed by atoms with Crippen molar-refractivity contribution in [1.82, 2.24) is 0 Å². The molecule has 0 aliphatic rings. The van der Waals surface area contributed by atoms with Crippen LogP contribution in [0.1, 0.15) is 41.3 Å². The van der Waals surface area contributed by atoms with Gasteiger partial charge in [-0.1, -0.05) is 11.6 Å². The Kier molecular flexibility index (Phi) is 7.19. The summed E-state index contributed by atoms with van der Waals surface area (Å²) in [5.74, 6) is -2.02. The van der Waals surface area contributed by atoms with Crippen molar-refractivity contribution in [3.05, 3.63) is 58.0 Å². The van der Waals surface area contributed by atoms with Crippen molar-refractivity contribution in [1.29, 1.82) is 0 Å². The van der Waals surface area contributed by atoms with Crippen LogP contribution in [-0.2, 0) is 25.5 Å². The minimum Gasteiger partial charge on any atom is -0.466 e. The molecule has 0 saturated carbocycles. The molecule has 1 heterocycles. The molecule has 1 aromatic heterocycles. The summed E-state index contributed by atoms with van der Waals surface area (Å²) in [5, 5.41) is 0.530. The van der Waals surface area contributed by atoms with Crippen molar-refractivity contribution < 1.29 is 28.3 Å². The second-order valence-corrected chi connectivity index (χ2v) is 6.22. The fraction of sp³-hybridized carbons (Fsp3) is 0.350. The van der Waals surface area contributed by atoms with E-state index in [0.717, 1.165) is 0 Å². The van der Waals surface area contributed by atoms with E-state index >= 15 is 0 Å². The van der Waals surface area contributed by atoms with Gasteiger partial charge < -0.3 is 13.9 Å². The van der Waals surface area contributed by atoms with Gasteiger partial charge in [0.15, 0.2) is 11.7 Å². The monoisotopic (exact) mass is 392 g/mol. The zero-order valence-corrected chi connectivity index (χ0v) is 16.2. The van der Waals surface area contributed by atoms with E-state index < -0.39 is 17.9 Å². The smallest absolute Gasteiger partial charge is 0.320 e. The standard InChI is InChI=1S/C20H21ClO6/c1-4-25-19(23)17(20(24)26-5-2)11-15-10-16(12(3)27-15)18(22)13-6-8-14(21)9-7-13/h6-10,17H,4-5,11H2,1-3H3. The normalized spacial score (nSPS) is 10.7. The fourth-order valence-corrected chi connectivity index (χ4v) is 2.70. The van der Waals surface area contributed by atoms with Gasteiger partial charge in [0.25, 0.3) is 0 Å². The first-order valence-corrected chi connectivity index (χ1v) is 8.98. The highest BCUT2D eigenvalue weighted by molar-refractivity contribution is 6.30. The van der Waals surface area contributed by atoms with Crippen molar-refractivity contribution in [2.24, 2.45) is 5.92 Å². The molecule has 0 N–H and O–H groups in total.